The van der Waals surface area contributed by atoms with Gasteiger partial charge in [-0.05, 0) is 66.6 Å². The molecule has 0 aliphatic carbocycles. The van der Waals surface area contributed by atoms with Crippen LogP contribution < -0.4 is 0 Å². The summed E-state index contributed by atoms with van der Waals surface area (Å²) in [6, 6.07) is 0. The highest BCUT2D eigenvalue weighted by Crippen LogP contribution is 2.01. The van der Waals surface area contributed by atoms with E-state index in [1.54, 1.807) is 0 Å². The maximum absolute atomic E-state index is 2.63. The minimum absolute atomic E-state index is 1.19. The van der Waals surface area contributed by atoms with E-state index in [1.165, 1.54) is 58.4 Å². The van der Waals surface area contributed by atoms with E-state index in [0.717, 1.165) is 0 Å². The van der Waals surface area contributed by atoms with Crippen LogP contribution in [0.2, 0.25) is 0 Å². The van der Waals surface area contributed by atoms with Crippen LogP contribution >= 0.6 is 22.9 Å². The van der Waals surface area contributed by atoms with E-state index in [2.05, 4.69) is 63.8 Å². The summed E-state index contributed by atoms with van der Waals surface area (Å²) in [6.07, 6.45) is 5.21. The monoisotopic (exact) mass is 355 g/mol. The van der Waals surface area contributed by atoms with Gasteiger partial charge in [0.15, 0.2) is 0 Å². The molecule has 0 aromatic heterocycles. The lowest BCUT2D eigenvalue weighted by Gasteiger charge is -2.23. The van der Waals surface area contributed by atoms with Gasteiger partial charge in [-0.15, -0.1) is 0 Å². The van der Waals surface area contributed by atoms with Gasteiger partial charge >= 0.3 is 0 Å². The van der Waals surface area contributed by atoms with E-state index in [-0.39, 0.29) is 0 Å². The van der Waals surface area contributed by atoms with Crippen LogP contribution in [0.5, 0.6) is 0 Å². The maximum atomic E-state index is 2.63. The SMILES string of the molecule is CCCCN(CCCN(C)C)CCCN(C)I. The van der Waals surface area contributed by atoms with Crippen molar-refractivity contribution in [2.45, 2.75) is 32.6 Å². The lowest BCUT2D eigenvalue weighted by molar-refractivity contribution is 0.245. The Morgan fingerprint density at radius 2 is 1.29 bits per heavy atom. The minimum atomic E-state index is 1.19. The van der Waals surface area contributed by atoms with Crippen LogP contribution in [0, 0.1) is 0 Å². The molecule has 0 atom stereocenters. The van der Waals surface area contributed by atoms with Crippen LogP contribution in [0.25, 0.3) is 0 Å². The number of unbranched alkanes of at least 4 members (excludes halogenated alkanes) is 1. The number of rotatable bonds is 11. The van der Waals surface area contributed by atoms with Crippen LogP contribution in [0.15, 0.2) is 0 Å². The van der Waals surface area contributed by atoms with E-state index < -0.39 is 0 Å². The van der Waals surface area contributed by atoms with Crippen molar-refractivity contribution in [2.75, 3.05) is 53.9 Å². The second-order valence-electron chi connectivity index (χ2n) is 5.03. The lowest BCUT2D eigenvalue weighted by atomic mass is 10.2. The van der Waals surface area contributed by atoms with Crippen LogP contribution in [0.3, 0.4) is 0 Å². The Morgan fingerprint density at radius 3 is 1.76 bits per heavy atom. The first-order valence-corrected chi connectivity index (χ1v) is 7.76. The molecule has 0 fully saturated rings. The average Bonchev–Trinajstić information content (AvgIpc) is 2.24. The quantitative estimate of drug-likeness (QED) is 0.417. The van der Waals surface area contributed by atoms with Gasteiger partial charge < -0.3 is 9.80 Å². The highest BCUT2D eigenvalue weighted by Gasteiger charge is 2.04. The van der Waals surface area contributed by atoms with Gasteiger partial charge in [-0.2, -0.15) is 0 Å². The van der Waals surface area contributed by atoms with Gasteiger partial charge in [-0.3, -0.25) is 3.11 Å². The van der Waals surface area contributed by atoms with Crippen molar-refractivity contribution in [3.05, 3.63) is 0 Å². The standard InChI is InChI=1S/C13H30IN3/c1-5-6-11-17(12-7-9-15(2)3)13-8-10-16(4)14/h5-13H2,1-4H3. The van der Waals surface area contributed by atoms with E-state index >= 15 is 0 Å². The number of hydrogen-bond donors (Lipinski definition) is 0. The Morgan fingerprint density at radius 1 is 0.765 bits per heavy atom. The number of nitrogens with zero attached hydrogens (tertiary/aromatic N) is 3. The van der Waals surface area contributed by atoms with Crippen molar-refractivity contribution < 1.29 is 0 Å². The maximum Gasteiger partial charge on any atom is 0.0198 e. The molecular weight excluding hydrogens is 325 g/mol. The predicted octanol–water partition coefficient (Wildman–Crippen LogP) is 2.71. The van der Waals surface area contributed by atoms with Gasteiger partial charge in [0.2, 0.25) is 0 Å². The minimum Gasteiger partial charge on any atom is -0.309 e. The average molecular weight is 355 g/mol. The van der Waals surface area contributed by atoms with Crippen molar-refractivity contribution >= 4 is 22.9 Å². The third-order valence-electron chi connectivity index (χ3n) is 2.85. The fourth-order valence-corrected chi connectivity index (χ4v) is 2.18. The molecule has 0 aromatic carbocycles. The molecule has 0 aromatic rings. The van der Waals surface area contributed by atoms with Gasteiger partial charge in [0.25, 0.3) is 0 Å². The molecule has 0 heterocycles. The molecule has 0 radical (unpaired) electrons. The fourth-order valence-electron chi connectivity index (χ4n) is 1.84. The molecule has 0 saturated carbocycles. The highest BCUT2D eigenvalue weighted by molar-refractivity contribution is 14.1. The van der Waals surface area contributed by atoms with E-state index in [4.69, 9.17) is 0 Å². The Bertz CT molecular complexity index is 149. The highest BCUT2D eigenvalue weighted by atomic mass is 127. The molecule has 0 rings (SSSR count). The first-order valence-electron chi connectivity index (χ1n) is 6.80. The molecule has 0 aliphatic rings. The van der Waals surface area contributed by atoms with E-state index in [9.17, 15) is 0 Å². The van der Waals surface area contributed by atoms with Crippen LogP contribution in [-0.4, -0.2) is 66.8 Å². The smallest absolute Gasteiger partial charge is 0.0198 e. The molecule has 0 unspecified atom stereocenters. The number of hydrogen-bond acceptors (Lipinski definition) is 3. The summed E-state index contributed by atoms with van der Waals surface area (Å²) in [4.78, 5) is 4.91. The summed E-state index contributed by atoms with van der Waals surface area (Å²) in [5.74, 6) is 0. The largest absolute Gasteiger partial charge is 0.309 e. The topological polar surface area (TPSA) is 9.72 Å². The molecule has 104 valence electrons. The molecule has 0 saturated heterocycles. The molecule has 0 amide bonds. The Balaban J connectivity index is 3.71. The van der Waals surface area contributed by atoms with E-state index in [1.807, 2.05) is 0 Å². The van der Waals surface area contributed by atoms with Gasteiger partial charge in [-0.25, -0.2) is 0 Å². The molecule has 0 aliphatic heterocycles. The third kappa shape index (κ3) is 12.9. The first-order chi connectivity index (χ1) is 8.06. The van der Waals surface area contributed by atoms with Crippen LogP contribution in [-0.2, 0) is 0 Å². The molecule has 0 N–H and O–H groups in total. The van der Waals surface area contributed by atoms with E-state index in [0.29, 0.717) is 0 Å². The molecule has 0 spiro atoms. The van der Waals surface area contributed by atoms with Crippen molar-refractivity contribution in [3.63, 3.8) is 0 Å². The summed E-state index contributed by atoms with van der Waals surface area (Å²) in [5, 5.41) is 0. The van der Waals surface area contributed by atoms with Gasteiger partial charge in [0.1, 0.15) is 0 Å². The molecule has 17 heavy (non-hydrogen) atoms. The van der Waals surface area contributed by atoms with Crippen molar-refractivity contribution in [1.29, 1.82) is 0 Å². The lowest BCUT2D eigenvalue weighted by Crippen LogP contribution is -2.30. The van der Waals surface area contributed by atoms with Crippen LogP contribution in [0.1, 0.15) is 32.6 Å². The van der Waals surface area contributed by atoms with Gasteiger partial charge in [0, 0.05) is 29.4 Å². The second kappa shape index (κ2) is 11.7. The molecular formula is C13H30IN3. The summed E-state index contributed by atoms with van der Waals surface area (Å²) in [5.41, 5.74) is 0. The molecule has 0 bridgehead atoms. The predicted molar refractivity (Wildman–Crippen MR) is 85.8 cm³/mol. The second-order valence-corrected chi connectivity index (χ2v) is 6.68. The van der Waals surface area contributed by atoms with Crippen molar-refractivity contribution in [3.8, 4) is 0 Å². The zero-order valence-corrected chi connectivity index (χ0v) is 14.2. The Hall–Kier alpha value is 0.610. The van der Waals surface area contributed by atoms with Crippen molar-refractivity contribution in [1.82, 2.24) is 12.9 Å². The third-order valence-corrected chi connectivity index (χ3v) is 3.33. The van der Waals surface area contributed by atoms with Crippen molar-refractivity contribution in [2.24, 2.45) is 0 Å². The molecule has 3 nitrogen and oxygen atoms in total. The van der Waals surface area contributed by atoms with Gasteiger partial charge in [0.05, 0.1) is 0 Å². The summed E-state index contributed by atoms with van der Waals surface area (Å²) < 4.78 is 2.25. The van der Waals surface area contributed by atoms with Gasteiger partial charge in [-0.1, -0.05) is 13.3 Å². The van der Waals surface area contributed by atoms with Crippen LogP contribution in [0.4, 0.5) is 0 Å². The Labute approximate surface area is 122 Å². The summed E-state index contributed by atoms with van der Waals surface area (Å²) in [7, 11) is 6.45. The fraction of sp³-hybridized carbons (Fsp3) is 1.00. The molecule has 4 heteroatoms. The Kier molecular flexibility index (Phi) is 12.1. The normalized spacial score (nSPS) is 12.0. The first kappa shape index (κ1) is 17.6. The summed E-state index contributed by atoms with van der Waals surface area (Å²) in [6.45, 7) is 8.45. The number of halogens is 1. The zero-order valence-electron chi connectivity index (χ0n) is 12.1. The summed E-state index contributed by atoms with van der Waals surface area (Å²) >= 11 is 2.36. The zero-order chi connectivity index (χ0) is 13.1.